The Morgan fingerprint density at radius 2 is 1.77 bits per heavy atom. The normalized spacial score (nSPS) is 37.1. The van der Waals surface area contributed by atoms with Crippen LogP contribution in [0, 0.1) is 17.3 Å². The summed E-state index contributed by atoms with van der Waals surface area (Å²) in [6.07, 6.45) is 4.21. The Bertz CT molecular complexity index is 892. The predicted molar refractivity (Wildman–Crippen MR) is 116 cm³/mol. The molecule has 6 nitrogen and oxygen atoms in total. The van der Waals surface area contributed by atoms with Crippen molar-refractivity contribution in [3.05, 3.63) is 34.9 Å². The minimum absolute atomic E-state index is 0.0365. The number of rotatable bonds is 4. The van der Waals surface area contributed by atoms with Crippen LogP contribution >= 0.6 is 0 Å². The van der Waals surface area contributed by atoms with Crippen molar-refractivity contribution in [1.29, 1.82) is 0 Å². The zero-order valence-electron chi connectivity index (χ0n) is 19.8. The summed E-state index contributed by atoms with van der Waals surface area (Å²) in [6, 6.07) is 0. The molecule has 0 N–H and O–H groups in total. The van der Waals surface area contributed by atoms with Gasteiger partial charge in [0, 0.05) is 17.4 Å². The topological polar surface area (TPSA) is 82.2 Å². The highest BCUT2D eigenvalue weighted by Crippen LogP contribution is 2.50. The lowest BCUT2D eigenvalue weighted by Gasteiger charge is -2.44. The van der Waals surface area contributed by atoms with Gasteiger partial charge in [-0.3, -0.25) is 4.79 Å². The Morgan fingerprint density at radius 1 is 1.16 bits per heavy atom. The fourth-order valence-corrected chi connectivity index (χ4v) is 4.66. The van der Waals surface area contributed by atoms with Gasteiger partial charge in [-0.1, -0.05) is 31.6 Å². The largest absolute Gasteiger partial charge is 0.455 e. The molecule has 6 atom stereocenters. The van der Waals surface area contributed by atoms with Crippen LogP contribution in [-0.2, 0) is 28.6 Å². The first-order valence-corrected chi connectivity index (χ1v) is 11.0. The molecule has 0 bridgehead atoms. The van der Waals surface area contributed by atoms with Gasteiger partial charge < -0.3 is 14.2 Å². The van der Waals surface area contributed by atoms with Crippen molar-refractivity contribution in [2.45, 2.75) is 85.7 Å². The van der Waals surface area contributed by atoms with Crippen LogP contribution in [0.4, 0.5) is 0 Å². The molecule has 0 aromatic carbocycles. The number of Topliss-reactive ketones (excluding diaryl/α,β-unsaturated/α-hetero) is 1. The Morgan fingerprint density at radius 3 is 2.32 bits per heavy atom. The van der Waals surface area contributed by atoms with Crippen molar-refractivity contribution in [3.8, 4) is 0 Å². The van der Waals surface area contributed by atoms with Crippen LogP contribution < -0.4 is 0 Å². The van der Waals surface area contributed by atoms with Crippen LogP contribution in [-0.4, -0.2) is 41.6 Å². The third kappa shape index (κ3) is 4.14. The van der Waals surface area contributed by atoms with E-state index in [4.69, 9.17) is 14.2 Å². The summed E-state index contributed by atoms with van der Waals surface area (Å²) in [5.41, 5.74) is 0.584. The van der Waals surface area contributed by atoms with Gasteiger partial charge in [0.1, 0.15) is 6.10 Å². The minimum Gasteiger partial charge on any atom is -0.455 e. The molecule has 1 saturated heterocycles. The third-order valence-corrected chi connectivity index (χ3v) is 7.39. The van der Waals surface area contributed by atoms with E-state index in [9.17, 15) is 14.4 Å². The lowest BCUT2D eigenvalue weighted by atomic mass is 9.63. The summed E-state index contributed by atoms with van der Waals surface area (Å²) in [7, 11) is 0. The molecule has 1 heterocycles. The Hall–Kier alpha value is -2.21. The highest BCUT2D eigenvalue weighted by atomic mass is 16.7. The maximum atomic E-state index is 13.0. The maximum absolute atomic E-state index is 13.0. The van der Waals surface area contributed by atoms with Crippen LogP contribution in [0.3, 0.4) is 0 Å². The average Bonchev–Trinajstić information content (AvgIpc) is 3.34. The fourth-order valence-electron chi connectivity index (χ4n) is 4.66. The summed E-state index contributed by atoms with van der Waals surface area (Å²) in [5.74, 6) is -0.879. The van der Waals surface area contributed by atoms with Gasteiger partial charge in [0.2, 0.25) is 0 Å². The highest BCUT2D eigenvalue weighted by Gasteiger charge is 2.59. The van der Waals surface area contributed by atoms with Crippen LogP contribution in [0.1, 0.15) is 61.8 Å². The first-order chi connectivity index (χ1) is 14.3. The molecule has 0 saturated carbocycles. The molecule has 1 fully saturated rings. The summed E-state index contributed by atoms with van der Waals surface area (Å²) in [4.78, 5) is 38.1. The molecule has 3 aliphatic rings. The summed E-state index contributed by atoms with van der Waals surface area (Å²) >= 11 is 0. The Kier molecular flexibility index (Phi) is 6.09. The van der Waals surface area contributed by atoms with E-state index in [2.05, 4.69) is 0 Å². The molecule has 31 heavy (non-hydrogen) atoms. The second-order valence-corrected chi connectivity index (χ2v) is 9.88. The van der Waals surface area contributed by atoms with Gasteiger partial charge in [0.25, 0.3) is 0 Å². The van der Waals surface area contributed by atoms with Gasteiger partial charge in [-0.25, -0.2) is 9.59 Å². The van der Waals surface area contributed by atoms with E-state index in [0.717, 1.165) is 11.1 Å². The molecule has 0 spiro atoms. The molecule has 1 aliphatic heterocycles. The summed E-state index contributed by atoms with van der Waals surface area (Å²) in [6.45, 7) is 14.8. The van der Waals surface area contributed by atoms with Gasteiger partial charge in [0.15, 0.2) is 17.5 Å². The number of esters is 2. The van der Waals surface area contributed by atoms with E-state index in [1.807, 2.05) is 46.8 Å². The number of hydrogen-bond acceptors (Lipinski definition) is 6. The summed E-state index contributed by atoms with van der Waals surface area (Å²) in [5, 5.41) is 0. The zero-order chi connectivity index (χ0) is 23.3. The number of allylic oxidation sites excluding steroid dienone is 4. The van der Waals surface area contributed by atoms with E-state index in [1.165, 1.54) is 0 Å². The zero-order valence-corrected chi connectivity index (χ0v) is 19.8. The van der Waals surface area contributed by atoms with Gasteiger partial charge in [0.05, 0.1) is 6.10 Å². The van der Waals surface area contributed by atoms with Gasteiger partial charge in [-0.05, 0) is 65.0 Å². The third-order valence-electron chi connectivity index (χ3n) is 7.39. The lowest BCUT2D eigenvalue weighted by molar-refractivity contribution is -0.178. The first kappa shape index (κ1) is 23.5. The number of fused-ring (bicyclic) bond motifs is 1. The standard InChI is InChI=1S/C25H34O6/c1-9-13(2)22(27)29-20-11-14(3)17-12-19(26)15(4)10-18(17)24(6,7)21(20)30-23(28)25(8)16(5)31-25/h9-11,16-18,20-21H,12H2,1-8H3/b13-9-/t16-,17+,18+,20-,21+,25-/m1/s1. The molecule has 3 rings (SSSR count). The van der Waals surface area contributed by atoms with Crippen molar-refractivity contribution in [1.82, 2.24) is 0 Å². The van der Waals surface area contributed by atoms with Crippen LogP contribution in [0.15, 0.2) is 34.9 Å². The molecule has 0 unspecified atom stereocenters. The SMILES string of the molecule is C/C=C(/C)C(=O)O[C@@H]1C=C(C)[C@@H]2CC(=O)C(C)=C[C@@H]2C(C)(C)[C@H]1OC(=O)[C@]1(C)O[C@@H]1C. The van der Waals surface area contributed by atoms with Crippen molar-refractivity contribution in [2.75, 3.05) is 0 Å². The average molecular weight is 431 g/mol. The van der Waals surface area contributed by atoms with E-state index in [0.29, 0.717) is 12.0 Å². The molecular weight excluding hydrogens is 396 g/mol. The predicted octanol–water partition coefficient (Wildman–Crippen LogP) is 4.09. The van der Waals surface area contributed by atoms with Crippen molar-refractivity contribution in [2.24, 2.45) is 17.3 Å². The molecule has 170 valence electrons. The van der Waals surface area contributed by atoms with Crippen LogP contribution in [0.2, 0.25) is 0 Å². The first-order valence-electron chi connectivity index (χ1n) is 11.0. The fraction of sp³-hybridized carbons (Fsp3) is 0.640. The van der Waals surface area contributed by atoms with Crippen molar-refractivity contribution in [3.63, 3.8) is 0 Å². The van der Waals surface area contributed by atoms with Crippen molar-refractivity contribution >= 4 is 17.7 Å². The number of carbonyl (C=O) groups excluding carboxylic acids is 3. The number of hydrogen-bond donors (Lipinski definition) is 0. The van der Waals surface area contributed by atoms with E-state index >= 15 is 0 Å². The van der Waals surface area contributed by atoms with E-state index in [1.54, 1.807) is 26.8 Å². The van der Waals surface area contributed by atoms with Gasteiger partial charge in [-0.15, -0.1) is 0 Å². The van der Waals surface area contributed by atoms with Crippen LogP contribution in [0.5, 0.6) is 0 Å². The minimum atomic E-state index is -0.984. The van der Waals surface area contributed by atoms with E-state index in [-0.39, 0.29) is 23.7 Å². The number of carbonyl (C=O) groups is 3. The Balaban J connectivity index is 2.05. The van der Waals surface area contributed by atoms with E-state index < -0.39 is 35.2 Å². The number of epoxide rings is 1. The molecule has 0 radical (unpaired) electrons. The maximum Gasteiger partial charge on any atom is 0.341 e. The molecule has 6 heteroatoms. The molecule has 0 amide bonds. The van der Waals surface area contributed by atoms with Gasteiger partial charge >= 0.3 is 11.9 Å². The van der Waals surface area contributed by atoms with Crippen molar-refractivity contribution < 1.29 is 28.6 Å². The highest BCUT2D eigenvalue weighted by molar-refractivity contribution is 5.96. The second kappa shape index (κ2) is 8.05. The smallest absolute Gasteiger partial charge is 0.341 e. The Labute approximate surface area is 184 Å². The number of ketones is 1. The molecule has 0 aromatic heterocycles. The second-order valence-electron chi connectivity index (χ2n) is 9.88. The molecule has 0 aromatic rings. The monoisotopic (exact) mass is 430 g/mol. The lowest BCUT2D eigenvalue weighted by Crippen LogP contribution is -2.50. The van der Waals surface area contributed by atoms with Crippen LogP contribution in [0.25, 0.3) is 0 Å². The van der Waals surface area contributed by atoms with Gasteiger partial charge in [-0.2, -0.15) is 0 Å². The number of ether oxygens (including phenoxy) is 3. The molecule has 2 aliphatic carbocycles. The summed E-state index contributed by atoms with van der Waals surface area (Å²) < 4.78 is 17.4. The molecular formula is C25H34O6. The quantitative estimate of drug-likeness (QED) is 0.289.